The summed E-state index contributed by atoms with van der Waals surface area (Å²) in [5.74, 6) is -1.53. The molecule has 0 radical (unpaired) electrons. The maximum absolute atomic E-state index is 15.2. The number of hydrogen-bond donors (Lipinski definition) is 1. The summed E-state index contributed by atoms with van der Waals surface area (Å²) >= 11 is 0. The van der Waals surface area contributed by atoms with Crippen molar-refractivity contribution in [3.05, 3.63) is 83.2 Å². The number of benzene rings is 1. The molecule has 1 aliphatic heterocycles. The third-order valence-corrected chi connectivity index (χ3v) is 5.34. The molecule has 0 fully saturated rings. The Hall–Kier alpha value is -3.75. The third kappa shape index (κ3) is 3.22. The van der Waals surface area contributed by atoms with Crippen molar-refractivity contribution in [2.24, 2.45) is 10.7 Å². The van der Waals surface area contributed by atoms with E-state index >= 15 is 4.39 Å². The quantitative estimate of drug-likeness (QED) is 0.693. The topological polar surface area (TPSA) is 84.5 Å². The van der Waals surface area contributed by atoms with E-state index in [9.17, 15) is 13.6 Å². The Labute approximate surface area is 176 Å². The number of amides is 1. The Bertz CT molecular complexity index is 1210. The number of carbonyl (C=O) groups excluding carboxylic acids is 1. The lowest BCUT2D eigenvalue weighted by Crippen LogP contribution is -2.41. The van der Waals surface area contributed by atoms with E-state index in [0.717, 1.165) is 22.7 Å². The summed E-state index contributed by atoms with van der Waals surface area (Å²) in [4.78, 5) is 26.6. The number of hydrogen-bond acceptors (Lipinski definition) is 5. The van der Waals surface area contributed by atoms with Crippen LogP contribution in [0.1, 0.15) is 28.9 Å². The lowest BCUT2D eigenvalue weighted by molar-refractivity contribution is -0.129. The molecular formula is C22H18F3N5O. The highest BCUT2D eigenvalue weighted by atomic mass is 19.3. The Morgan fingerprint density at radius 1 is 1.10 bits per heavy atom. The lowest BCUT2D eigenvalue weighted by atomic mass is 9.81. The zero-order valence-electron chi connectivity index (χ0n) is 16.7. The molecule has 1 aliphatic rings. The van der Waals surface area contributed by atoms with Gasteiger partial charge in [0, 0.05) is 36.3 Å². The van der Waals surface area contributed by atoms with Gasteiger partial charge < -0.3 is 5.73 Å². The number of nitrogens with two attached hydrogens (primary N) is 1. The summed E-state index contributed by atoms with van der Waals surface area (Å²) in [5, 5.41) is 0. The number of rotatable bonds is 4. The zero-order chi connectivity index (χ0) is 22.3. The van der Waals surface area contributed by atoms with Crippen LogP contribution in [-0.2, 0) is 10.3 Å². The van der Waals surface area contributed by atoms with Gasteiger partial charge in [0.05, 0.1) is 0 Å². The molecule has 1 atom stereocenters. The van der Waals surface area contributed by atoms with Gasteiger partial charge in [-0.15, -0.1) is 0 Å². The minimum Gasteiger partial charge on any atom is -0.369 e. The van der Waals surface area contributed by atoms with Crippen LogP contribution in [0.3, 0.4) is 0 Å². The van der Waals surface area contributed by atoms with Gasteiger partial charge in [-0.1, -0.05) is 12.1 Å². The van der Waals surface area contributed by atoms with Crippen molar-refractivity contribution in [1.29, 1.82) is 0 Å². The number of likely N-dealkylation sites (N-methyl/N-ethyl adjacent to an activating group) is 1. The molecule has 2 aromatic heterocycles. The first-order valence-corrected chi connectivity index (χ1v) is 9.35. The molecular weight excluding hydrogens is 407 g/mol. The highest BCUT2D eigenvalue weighted by molar-refractivity contribution is 6.09. The summed E-state index contributed by atoms with van der Waals surface area (Å²) in [6.07, 6.45) is -0.0986. The summed E-state index contributed by atoms with van der Waals surface area (Å²) in [6, 6.07) is 10.2. The zero-order valence-corrected chi connectivity index (χ0v) is 16.7. The molecule has 4 rings (SSSR count). The predicted molar refractivity (Wildman–Crippen MR) is 109 cm³/mol. The molecule has 0 spiro atoms. The molecule has 0 bridgehead atoms. The van der Waals surface area contributed by atoms with Crippen LogP contribution >= 0.6 is 0 Å². The second-order valence-corrected chi connectivity index (χ2v) is 7.15. The smallest absolute Gasteiger partial charge is 0.280 e. The molecule has 0 saturated carbocycles. The van der Waals surface area contributed by atoms with Crippen LogP contribution in [0.4, 0.5) is 13.2 Å². The molecule has 1 unspecified atom stereocenters. The molecule has 158 valence electrons. The maximum Gasteiger partial charge on any atom is 0.280 e. The molecule has 1 amide bonds. The van der Waals surface area contributed by atoms with Crippen LogP contribution in [-0.4, -0.2) is 33.8 Å². The van der Waals surface area contributed by atoms with Crippen LogP contribution < -0.4 is 5.73 Å². The van der Waals surface area contributed by atoms with Crippen molar-refractivity contribution in [2.45, 2.75) is 18.9 Å². The van der Waals surface area contributed by atoms with E-state index in [1.54, 1.807) is 25.3 Å². The summed E-state index contributed by atoms with van der Waals surface area (Å²) in [7, 11) is 1.39. The van der Waals surface area contributed by atoms with Crippen LogP contribution in [0.5, 0.6) is 0 Å². The van der Waals surface area contributed by atoms with E-state index in [0.29, 0.717) is 11.3 Å². The normalized spacial score (nSPS) is 18.6. The summed E-state index contributed by atoms with van der Waals surface area (Å²) < 4.78 is 41.8. The Morgan fingerprint density at radius 3 is 2.52 bits per heavy atom. The SMILES string of the molecule is Cc1ncccc1-c1ccc(F)c(C2(c3ccnc(C(F)F)c3)N=C(N)N(C)C2=O)c1. The highest BCUT2D eigenvalue weighted by Gasteiger charge is 2.51. The van der Waals surface area contributed by atoms with Gasteiger partial charge in [-0.25, -0.2) is 18.2 Å². The van der Waals surface area contributed by atoms with Crippen LogP contribution in [0, 0.1) is 12.7 Å². The van der Waals surface area contributed by atoms with Crippen molar-refractivity contribution in [3.8, 4) is 11.1 Å². The van der Waals surface area contributed by atoms with Crippen molar-refractivity contribution in [1.82, 2.24) is 14.9 Å². The van der Waals surface area contributed by atoms with Crippen LogP contribution in [0.15, 0.2) is 59.9 Å². The van der Waals surface area contributed by atoms with Crippen molar-refractivity contribution in [2.75, 3.05) is 7.05 Å². The molecule has 2 N–H and O–H groups in total. The van der Waals surface area contributed by atoms with Gasteiger partial charge in [0.25, 0.3) is 12.3 Å². The van der Waals surface area contributed by atoms with Crippen LogP contribution in [0.25, 0.3) is 11.1 Å². The largest absolute Gasteiger partial charge is 0.369 e. The minimum absolute atomic E-state index is 0.0501. The highest BCUT2D eigenvalue weighted by Crippen LogP contribution is 2.42. The number of halogens is 3. The number of aliphatic imine (C=N–C) groups is 1. The number of aromatic nitrogens is 2. The second-order valence-electron chi connectivity index (χ2n) is 7.15. The van der Waals surface area contributed by atoms with Gasteiger partial charge in [0.2, 0.25) is 0 Å². The van der Waals surface area contributed by atoms with Gasteiger partial charge in [0.1, 0.15) is 11.5 Å². The van der Waals surface area contributed by atoms with Crippen molar-refractivity contribution < 1.29 is 18.0 Å². The third-order valence-electron chi connectivity index (χ3n) is 5.34. The van der Waals surface area contributed by atoms with E-state index in [-0.39, 0.29) is 17.1 Å². The first kappa shape index (κ1) is 20.5. The fraction of sp³-hybridized carbons (Fsp3) is 0.182. The van der Waals surface area contributed by atoms with Gasteiger partial charge in [-0.3, -0.25) is 19.7 Å². The van der Waals surface area contributed by atoms with E-state index in [4.69, 9.17) is 5.73 Å². The van der Waals surface area contributed by atoms with Gasteiger partial charge in [-0.05, 0) is 48.4 Å². The molecule has 6 nitrogen and oxygen atoms in total. The average molecular weight is 425 g/mol. The van der Waals surface area contributed by atoms with Gasteiger partial charge in [-0.2, -0.15) is 0 Å². The van der Waals surface area contributed by atoms with E-state index in [1.165, 1.54) is 25.2 Å². The number of alkyl halides is 2. The number of aryl methyl sites for hydroxylation is 1. The second kappa shape index (κ2) is 7.50. The minimum atomic E-state index is -2.87. The first-order chi connectivity index (χ1) is 14.8. The molecule has 3 heterocycles. The molecule has 0 saturated heterocycles. The predicted octanol–water partition coefficient (Wildman–Crippen LogP) is 3.56. The van der Waals surface area contributed by atoms with Gasteiger partial charge in [0.15, 0.2) is 11.5 Å². The molecule has 0 aliphatic carbocycles. The Balaban J connectivity index is 2.01. The van der Waals surface area contributed by atoms with E-state index < -0.39 is 29.4 Å². The number of nitrogens with zero attached hydrogens (tertiary/aromatic N) is 4. The Morgan fingerprint density at radius 2 is 1.87 bits per heavy atom. The average Bonchev–Trinajstić information content (AvgIpc) is 2.99. The molecule has 1 aromatic carbocycles. The fourth-order valence-corrected chi connectivity index (χ4v) is 3.71. The maximum atomic E-state index is 15.2. The molecule has 31 heavy (non-hydrogen) atoms. The summed E-state index contributed by atoms with van der Waals surface area (Å²) in [5.41, 5.74) is 5.38. The Kier molecular flexibility index (Phi) is 4.96. The molecule has 9 heteroatoms. The van der Waals surface area contributed by atoms with Gasteiger partial charge >= 0.3 is 0 Å². The van der Waals surface area contributed by atoms with E-state index in [1.807, 2.05) is 6.07 Å². The summed E-state index contributed by atoms with van der Waals surface area (Å²) in [6.45, 7) is 1.80. The van der Waals surface area contributed by atoms with E-state index in [2.05, 4.69) is 15.0 Å². The standard InChI is InChI=1S/C22H18F3N5O/c1-12-15(4-3-8-27-12)13-5-6-17(23)16(10-13)22(20(31)30(2)21(26)29-22)14-7-9-28-18(11-14)19(24)25/h3-11,19H,1-2H3,(H2,26,29). The lowest BCUT2D eigenvalue weighted by Gasteiger charge is -2.27. The number of carbonyl (C=O) groups is 1. The van der Waals surface area contributed by atoms with Crippen molar-refractivity contribution >= 4 is 11.9 Å². The van der Waals surface area contributed by atoms with Crippen LogP contribution in [0.2, 0.25) is 0 Å². The fourth-order valence-electron chi connectivity index (χ4n) is 3.71. The van der Waals surface area contributed by atoms with Crippen molar-refractivity contribution in [3.63, 3.8) is 0 Å². The molecule has 3 aromatic rings. The first-order valence-electron chi connectivity index (χ1n) is 9.35. The monoisotopic (exact) mass is 425 g/mol. The number of guanidine groups is 1. The number of pyridine rings is 2.